The van der Waals surface area contributed by atoms with Crippen LogP contribution in [-0.4, -0.2) is 0 Å². The highest BCUT2D eigenvalue weighted by Crippen LogP contribution is 2.18. The standard InChI is InChI=1S/C12H10.2C2H6/c1-2-10-7-5-8-11-6-3-4-9-12(10)11;2*1-2/h2-9H,1H2;2*1-2H3. The smallest absolute Gasteiger partial charge is 0.0112 e. The minimum absolute atomic E-state index is 1.20. The van der Waals surface area contributed by atoms with Crippen LogP contribution in [0, 0.1) is 0 Å². The summed E-state index contributed by atoms with van der Waals surface area (Å²) < 4.78 is 0. The largest absolute Gasteiger partial charge is 0.0984 e. The SMILES string of the molecule is C=Cc1cccc2ccccc12.CC.CC. The lowest BCUT2D eigenvalue weighted by molar-refractivity contribution is 1.50. The zero-order valence-corrected chi connectivity index (χ0v) is 10.8. The van der Waals surface area contributed by atoms with E-state index in [4.69, 9.17) is 0 Å². The fourth-order valence-corrected chi connectivity index (χ4v) is 1.43. The second-order valence-corrected chi connectivity index (χ2v) is 2.77. The van der Waals surface area contributed by atoms with Gasteiger partial charge in [0.1, 0.15) is 0 Å². The zero-order valence-electron chi connectivity index (χ0n) is 10.8. The maximum Gasteiger partial charge on any atom is -0.0112 e. The first-order valence-electron chi connectivity index (χ1n) is 6.02. The molecule has 0 aliphatic heterocycles. The quantitative estimate of drug-likeness (QED) is 0.585. The maximum atomic E-state index is 3.78. The molecule has 16 heavy (non-hydrogen) atoms. The first kappa shape index (κ1) is 14.4. The molecule has 0 N–H and O–H groups in total. The minimum atomic E-state index is 1.20. The van der Waals surface area contributed by atoms with Crippen molar-refractivity contribution in [3.05, 3.63) is 54.6 Å². The Morgan fingerprint density at radius 3 is 2.00 bits per heavy atom. The molecule has 0 heteroatoms. The van der Waals surface area contributed by atoms with Gasteiger partial charge in [-0.1, -0.05) is 82.8 Å². The summed E-state index contributed by atoms with van der Waals surface area (Å²) in [6.45, 7) is 11.8. The van der Waals surface area contributed by atoms with E-state index in [0.29, 0.717) is 0 Å². The molecule has 0 unspecified atom stereocenters. The van der Waals surface area contributed by atoms with Crippen LogP contribution in [0.3, 0.4) is 0 Å². The third-order valence-electron chi connectivity index (χ3n) is 2.04. The van der Waals surface area contributed by atoms with E-state index in [9.17, 15) is 0 Å². The van der Waals surface area contributed by atoms with Crippen molar-refractivity contribution in [2.24, 2.45) is 0 Å². The Hall–Kier alpha value is -1.56. The fraction of sp³-hybridized carbons (Fsp3) is 0.250. The van der Waals surface area contributed by atoms with Crippen LogP contribution in [0.15, 0.2) is 49.0 Å². The van der Waals surface area contributed by atoms with Crippen LogP contribution in [0.1, 0.15) is 33.3 Å². The van der Waals surface area contributed by atoms with Gasteiger partial charge in [0.05, 0.1) is 0 Å². The van der Waals surface area contributed by atoms with Crippen LogP contribution >= 0.6 is 0 Å². The first-order chi connectivity index (χ1) is 7.92. The molecule has 0 aliphatic carbocycles. The lowest BCUT2D eigenvalue weighted by atomic mass is 10.1. The van der Waals surface area contributed by atoms with E-state index < -0.39 is 0 Å². The van der Waals surface area contributed by atoms with Crippen molar-refractivity contribution in [1.82, 2.24) is 0 Å². The molecule has 0 aromatic heterocycles. The third kappa shape index (κ3) is 3.54. The molecule has 0 saturated heterocycles. The molecule has 0 radical (unpaired) electrons. The molecule has 0 fully saturated rings. The van der Waals surface area contributed by atoms with Crippen LogP contribution < -0.4 is 0 Å². The molecule has 2 rings (SSSR count). The van der Waals surface area contributed by atoms with Crippen molar-refractivity contribution in [3.8, 4) is 0 Å². The van der Waals surface area contributed by atoms with E-state index in [2.05, 4.69) is 49.0 Å². The molecule has 0 saturated carbocycles. The van der Waals surface area contributed by atoms with E-state index in [1.54, 1.807) is 0 Å². The van der Waals surface area contributed by atoms with Gasteiger partial charge >= 0.3 is 0 Å². The molecular formula is C16H22. The summed E-state index contributed by atoms with van der Waals surface area (Å²) in [7, 11) is 0. The molecule has 0 heterocycles. The monoisotopic (exact) mass is 214 g/mol. The van der Waals surface area contributed by atoms with Gasteiger partial charge in [0, 0.05) is 0 Å². The summed E-state index contributed by atoms with van der Waals surface area (Å²) in [5, 5.41) is 2.55. The summed E-state index contributed by atoms with van der Waals surface area (Å²) in [5.74, 6) is 0. The highest BCUT2D eigenvalue weighted by molar-refractivity contribution is 5.90. The normalized spacial score (nSPS) is 8.25. The fourth-order valence-electron chi connectivity index (χ4n) is 1.43. The van der Waals surface area contributed by atoms with Gasteiger partial charge in [-0.15, -0.1) is 0 Å². The van der Waals surface area contributed by atoms with Crippen LogP contribution in [0.25, 0.3) is 16.8 Å². The Morgan fingerprint density at radius 1 is 0.812 bits per heavy atom. The Kier molecular flexibility index (Phi) is 7.87. The topological polar surface area (TPSA) is 0 Å². The van der Waals surface area contributed by atoms with Crippen LogP contribution in [0.4, 0.5) is 0 Å². The average molecular weight is 214 g/mol. The molecule has 0 nitrogen and oxygen atoms in total. The van der Waals surface area contributed by atoms with Gasteiger partial charge in [-0.2, -0.15) is 0 Å². The van der Waals surface area contributed by atoms with Gasteiger partial charge in [0.25, 0.3) is 0 Å². The molecule has 2 aromatic carbocycles. The number of hydrogen-bond donors (Lipinski definition) is 0. The molecule has 0 amide bonds. The Bertz CT molecular complexity index is 408. The number of rotatable bonds is 1. The molecular weight excluding hydrogens is 192 g/mol. The molecule has 2 aromatic rings. The predicted octanol–water partition coefficient (Wildman–Crippen LogP) is 5.54. The number of fused-ring (bicyclic) bond motifs is 1. The molecule has 86 valence electrons. The summed E-state index contributed by atoms with van der Waals surface area (Å²) >= 11 is 0. The van der Waals surface area contributed by atoms with Crippen LogP contribution in [0.5, 0.6) is 0 Å². The lowest BCUT2D eigenvalue weighted by Crippen LogP contribution is -1.75. The molecule has 0 atom stereocenters. The third-order valence-corrected chi connectivity index (χ3v) is 2.04. The van der Waals surface area contributed by atoms with E-state index in [1.165, 1.54) is 16.3 Å². The minimum Gasteiger partial charge on any atom is -0.0984 e. The molecule has 0 aliphatic rings. The van der Waals surface area contributed by atoms with Gasteiger partial charge in [-0.05, 0) is 16.3 Å². The molecule has 0 bridgehead atoms. The van der Waals surface area contributed by atoms with Gasteiger partial charge in [-0.3, -0.25) is 0 Å². The van der Waals surface area contributed by atoms with Gasteiger partial charge in [-0.25, -0.2) is 0 Å². The van der Waals surface area contributed by atoms with Crippen molar-refractivity contribution in [2.45, 2.75) is 27.7 Å². The highest BCUT2D eigenvalue weighted by Gasteiger charge is 1.93. The van der Waals surface area contributed by atoms with E-state index in [0.717, 1.165) is 0 Å². The Morgan fingerprint density at radius 2 is 1.38 bits per heavy atom. The van der Waals surface area contributed by atoms with Crippen molar-refractivity contribution in [3.63, 3.8) is 0 Å². The van der Waals surface area contributed by atoms with Crippen LogP contribution in [-0.2, 0) is 0 Å². The number of benzene rings is 2. The Balaban J connectivity index is 0.000000509. The zero-order chi connectivity index (χ0) is 12.4. The van der Waals surface area contributed by atoms with Crippen molar-refractivity contribution in [2.75, 3.05) is 0 Å². The lowest BCUT2D eigenvalue weighted by Gasteiger charge is -1.99. The van der Waals surface area contributed by atoms with Gasteiger partial charge < -0.3 is 0 Å². The van der Waals surface area contributed by atoms with Gasteiger partial charge in [0.2, 0.25) is 0 Å². The second kappa shape index (κ2) is 8.72. The Labute approximate surface area is 99.6 Å². The van der Waals surface area contributed by atoms with Crippen molar-refractivity contribution < 1.29 is 0 Å². The summed E-state index contributed by atoms with van der Waals surface area (Å²) in [5.41, 5.74) is 1.20. The van der Waals surface area contributed by atoms with E-state index in [-0.39, 0.29) is 0 Å². The predicted molar refractivity (Wildman–Crippen MR) is 76.7 cm³/mol. The van der Waals surface area contributed by atoms with Crippen molar-refractivity contribution in [1.29, 1.82) is 0 Å². The molecule has 0 spiro atoms. The number of hydrogen-bond acceptors (Lipinski definition) is 0. The maximum absolute atomic E-state index is 3.78. The van der Waals surface area contributed by atoms with Crippen LogP contribution in [0.2, 0.25) is 0 Å². The summed E-state index contributed by atoms with van der Waals surface area (Å²) in [6, 6.07) is 14.6. The first-order valence-corrected chi connectivity index (χ1v) is 6.02. The second-order valence-electron chi connectivity index (χ2n) is 2.77. The van der Waals surface area contributed by atoms with Crippen molar-refractivity contribution >= 4 is 16.8 Å². The summed E-state index contributed by atoms with van der Waals surface area (Å²) in [4.78, 5) is 0. The highest BCUT2D eigenvalue weighted by atomic mass is 14.0. The van der Waals surface area contributed by atoms with E-state index in [1.807, 2.05) is 33.8 Å². The van der Waals surface area contributed by atoms with E-state index >= 15 is 0 Å². The average Bonchev–Trinajstić information content (AvgIpc) is 2.42. The van der Waals surface area contributed by atoms with Gasteiger partial charge in [0.15, 0.2) is 0 Å². The summed E-state index contributed by atoms with van der Waals surface area (Å²) in [6.07, 6.45) is 1.89.